The lowest BCUT2D eigenvalue weighted by molar-refractivity contribution is 0.0696. The number of rotatable bonds is 5. The maximum atomic E-state index is 11.0. The van der Waals surface area contributed by atoms with Crippen LogP contribution in [0.25, 0.3) is 0 Å². The van der Waals surface area contributed by atoms with Crippen molar-refractivity contribution in [2.75, 3.05) is 18.5 Å². The average Bonchev–Trinajstić information content (AvgIpc) is 2.25. The molecule has 0 aromatic carbocycles. The highest BCUT2D eigenvalue weighted by Crippen LogP contribution is 2.15. The molecule has 0 saturated heterocycles. The Hall–Kier alpha value is -1.65. The SMILES string of the molecule is CC(C)CCN(C)c1ncncc1C(=O)O. The van der Waals surface area contributed by atoms with Gasteiger partial charge in [-0.1, -0.05) is 13.8 Å². The molecule has 0 aliphatic rings. The molecule has 5 nitrogen and oxygen atoms in total. The normalized spacial score (nSPS) is 10.5. The van der Waals surface area contributed by atoms with Gasteiger partial charge in [0.25, 0.3) is 0 Å². The van der Waals surface area contributed by atoms with E-state index in [0.717, 1.165) is 13.0 Å². The van der Waals surface area contributed by atoms with Crippen LogP contribution in [0.3, 0.4) is 0 Å². The molecule has 1 rings (SSSR count). The highest BCUT2D eigenvalue weighted by molar-refractivity contribution is 5.92. The van der Waals surface area contributed by atoms with E-state index in [1.807, 2.05) is 11.9 Å². The summed E-state index contributed by atoms with van der Waals surface area (Å²) in [7, 11) is 1.84. The van der Waals surface area contributed by atoms with Crippen molar-refractivity contribution in [1.29, 1.82) is 0 Å². The van der Waals surface area contributed by atoms with Crippen LogP contribution in [0.4, 0.5) is 5.82 Å². The minimum atomic E-state index is -0.994. The predicted octanol–water partition coefficient (Wildman–Crippen LogP) is 1.66. The van der Waals surface area contributed by atoms with E-state index < -0.39 is 5.97 Å². The molecule has 0 unspecified atom stereocenters. The van der Waals surface area contributed by atoms with E-state index in [1.54, 1.807) is 0 Å². The second-order valence-corrected chi connectivity index (χ2v) is 4.17. The van der Waals surface area contributed by atoms with E-state index in [1.165, 1.54) is 12.5 Å². The number of hydrogen-bond donors (Lipinski definition) is 1. The third kappa shape index (κ3) is 3.18. The lowest BCUT2D eigenvalue weighted by atomic mass is 10.1. The van der Waals surface area contributed by atoms with E-state index in [-0.39, 0.29) is 5.56 Å². The number of anilines is 1. The molecule has 1 aromatic rings. The Morgan fingerprint density at radius 1 is 1.56 bits per heavy atom. The number of aromatic carboxylic acids is 1. The number of aromatic nitrogens is 2. The van der Waals surface area contributed by atoms with E-state index in [2.05, 4.69) is 23.8 Å². The fraction of sp³-hybridized carbons (Fsp3) is 0.545. The number of carbonyl (C=O) groups is 1. The molecule has 0 bridgehead atoms. The number of hydrogen-bond acceptors (Lipinski definition) is 4. The predicted molar refractivity (Wildman–Crippen MR) is 61.7 cm³/mol. The van der Waals surface area contributed by atoms with E-state index in [4.69, 9.17) is 5.11 Å². The minimum Gasteiger partial charge on any atom is -0.477 e. The second kappa shape index (κ2) is 5.44. The quantitative estimate of drug-likeness (QED) is 0.822. The summed E-state index contributed by atoms with van der Waals surface area (Å²) in [6, 6.07) is 0. The van der Waals surface area contributed by atoms with E-state index in [0.29, 0.717) is 11.7 Å². The highest BCUT2D eigenvalue weighted by atomic mass is 16.4. The van der Waals surface area contributed by atoms with Crippen molar-refractivity contribution in [3.05, 3.63) is 18.1 Å². The van der Waals surface area contributed by atoms with Gasteiger partial charge in [0.15, 0.2) is 0 Å². The van der Waals surface area contributed by atoms with E-state index >= 15 is 0 Å². The molecule has 0 amide bonds. The van der Waals surface area contributed by atoms with Crippen molar-refractivity contribution in [2.24, 2.45) is 5.92 Å². The smallest absolute Gasteiger partial charge is 0.341 e. The van der Waals surface area contributed by atoms with Crippen molar-refractivity contribution < 1.29 is 9.90 Å². The fourth-order valence-corrected chi connectivity index (χ4v) is 1.34. The molecule has 0 aliphatic carbocycles. The van der Waals surface area contributed by atoms with Crippen molar-refractivity contribution in [3.8, 4) is 0 Å². The largest absolute Gasteiger partial charge is 0.477 e. The van der Waals surface area contributed by atoms with Crippen molar-refractivity contribution in [3.63, 3.8) is 0 Å². The molecular formula is C11H17N3O2. The molecule has 5 heteroatoms. The molecule has 1 N–H and O–H groups in total. The highest BCUT2D eigenvalue weighted by Gasteiger charge is 2.14. The summed E-state index contributed by atoms with van der Waals surface area (Å²) in [5.41, 5.74) is 0.147. The van der Waals surface area contributed by atoms with Crippen LogP contribution in [0.5, 0.6) is 0 Å². The van der Waals surface area contributed by atoms with Gasteiger partial charge in [-0.05, 0) is 12.3 Å². The molecule has 88 valence electrons. The van der Waals surface area contributed by atoms with Crippen molar-refractivity contribution in [2.45, 2.75) is 20.3 Å². The number of carboxylic acids is 1. The molecule has 1 heterocycles. The summed E-state index contributed by atoms with van der Waals surface area (Å²) in [4.78, 5) is 20.5. The summed E-state index contributed by atoms with van der Waals surface area (Å²) < 4.78 is 0. The standard InChI is InChI=1S/C11H17N3O2/c1-8(2)4-5-14(3)10-9(11(15)16)6-12-7-13-10/h6-8H,4-5H2,1-3H3,(H,15,16). The van der Waals surface area contributed by atoms with Crippen LogP contribution in [-0.2, 0) is 0 Å². The van der Waals surface area contributed by atoms with Gasteiger partial charge >= 0.3 is 5.97 Å². The third-order valence-corrected chi connectivity index (χ3v) is 2.33. The summed E-state index contributed by atoms with van der Waals surface area (Å²) in [6.45, 7) is 5.05. The second-order valence-electron chi connectivity index (χ2n) is 4.17. The molecule has 16 heavy (non-hydrogen) atoms. The Morgan fingerprint density at radius 2 is 2.25 bits per heavy atom. The van der Waals surface area contributed by atoms with Gasteiger partial charge in [0.05, 0.1) is 0 Å². The molecule has 1 aromatic heterocycles. The first-order chi connectivity index (χ1) is 7.52. The minimum absolute atomic E-state index is 0.147. The monoisotopic (exact) mass is 223 g/mol. The summed E-state index contributed by atoms with van der Waals surface area (Å²) in [5.74, 6) is 0.0627. The zero-order valence-electron chi connectivity index (χ0n) is 9.84. The van der Waals surface area contributed by atoms with Crippen molar-refractivity contribution in [1.82, 2.24) is 9.97 Å². The van der Waals surface area contributed by atoms with Gasteiger partial charge in [0, 0.05) is 19.8 Å². The zero-order valence-corrected chi connectivity index (χ0v) is 9.84. The van der Waals surface area contributed by atoms with Crippen LogP contribution in [0, 0.1) is 5.92 Å². The number of nitrogens with zero attached hydrogens (tertiary/aromatic N) is 3. The van der Waals surface area contributed by atoms with Crippen LogP contribution >= 0.6 is 0 Å². The van der Waals surface area contributed by atoms with Gasteiger partial charge in [0.1, 0.15) is 17.7 Å². The molecule has 0 aliphatic heterocycles. The summed E-state index contributed by atoms with van der Waals surface area (Å²) in [6.07, 6.45) is 3.70. The Kier molecular flexibility index (Phi) is 4.22. The summed E-state index contributed by atoms with van der Waals surface area (Å²) in [5, 5.41) is 8.99. The average molecular weight is 223 g/mol. The number of carboxylic acid groups (broad SMARTS) is 1. The Bertz CT molecular complexity index is 366. The van der Waals surface area contributed by atoms with E-state index in [9.17, 15) is 4.79 Å². The van der Waals surface area contributed by atoms with Gasteiger partial charge < -0.3 is 10.0 Å². The van der Waals surface area contributed by atoms with Gasteiger partial charge in [0.2, 0.25) is 0 Å². The van der Waals surface area contributed by atoms with Gasteiger partial charge in [-0.25, -0.2) is 14.8 Å². The zero-order chi connectivity index (χ0) is 12.1. The topological polar surface area (TPSA) is 66.3 Å². The van der Waals surface area contributed by atoms with Crippen molar-refractivity contribution >= 4 is 11.8 Å². The van der Waals surface area contributed by atoms with Crippen LogP contribution in [0.15, 0.2) is 12.5 Å². The van der Waals surface area contributed by atoms with Gasteiger partial charge in [-0.2, -0.15) is 0 Å². The lowest BCUT2D eigenvalue weighted by Gasteiger charge is -2.20. The maximum Gasteiger partial charge on any atom is 0.341 e. The third-order valence-electron chi connectivity index (χ3n) is 2.33. The first kappa shape index (κ1) is 12.4. The first-order valence-corrected chi connectivity index (χ1v) is 5.26. The Labute approximate surface area is 95.1 Å². The Morgan fingerprint density at radius 3 is 2.81 bits per heavy atom. The van der Waals surface area contributed by atoms with Gasteiger partial charge in [-0.15, -0.1) is 0 Å². The first-order valence-electron chi connectivity index (χ1n) is 5.26. The Balaban J connectivity index is 2.82. The molecule has 0 atom stereocenters. The van der Waals surface area contributed by atoms with Crippen LogP contribution in [0.2, 0.25) is 0 Å². The molecule has 0 saturated carbocycles. The molecule has 0 radical (unpaired) electrons. The van der Waals surface area contributed by atoms with Crippen LogP contribution in [0.1, 0.15) is 30.6 Å². The van der Waals surface area contributed by atoms with Crippen LogP contribution in [-0.4, -0.2) is 34.6 Å². The lowest BCUT2D eigenvalue weighted by Crippen LogP contribution is -2.23. The van der Waals surface area contributed by atoms with Gasteiger partial charge in [-0.3, -0.25) is 0 Å². The molecule has 0 fully saturated rings. The summed E-state index contributed by atoms with van der Waals surface area (Å²) >= 11 is 0. The van der Waals surface area contributed by atoms with Crippen LogP contribution < -0.4 is 4.90 Å². The molecular weight excluding hydrogens is 206 g/mol. The fourth-order valence-electron chi connectivity index (χ4n) is 1.34. The maximum absolute atomic E-state index is 11.0. The molecule has 0 spiro atoms.